The van der Waals surface area contributed by atoms with Gasteiger partial charge in [0.25, 0.3) is 5.56 Å². The number of carbonyl (C=O) groups is 2. The highest BCUT2D eigenvalue weighted by molar-refractivity contribution is 7.54. The van der Waals surface area contributed by atoms with Gasteiger partial charge in [0.05, 0.1) is 6.61 Å². The fourth-order valence-electron chi connectivity index (χ4n) is 5.17. The van der Waals surface area contributed by atoms with E-state index in [1.807, 2.05) is 4.98 Å². The zero-order valence-electron chi connectivity index (χ0n) is 25.8. The standard InChI is InChI=1S/C28H46FN4O10P/c1-18(25(36)42-20-11-7-5-8-12-20)31-44(39,32-19(2)26(37)43-21-13-9-6-10-14-21)41-17-28(3,40-4)23(35)24(29)33-16-15-22(34)30-27(33)38/h15-16,18-21,23-24,35H,5-14,17H2,1-4H3,(H,30,34,38)(H2,31,32,39)/t18?,19?,23-,24-,28+,44?/m0/s1. The third kappa shape index (κ3) is 10.0. The molecule has 44 heavy (non-hydrogen) atoms. The van der Waals surface area contributed by atoms with Crippen LogP contribution in [0.5, 0.6) is 0 Å². The second-order valence-corrected chi connectivity index (χ2v) is 13.6. The highest BCUT2D eigenvalue weighted by Gasteiger charge is 2.44. The molecular weight excluding hydrogens is 602 g/mol. The second-order valence-electron chi connectivity index (χ2n) is 11.8. The summed E-state index contributed by atoms with van der Waals surface area (Å²) in [6.07, 6.45) is 4.63. The van der Waals surface area contributed by atoms with E-state index in [4.69, 9.17) is 18.7 Å². The van der Waals surface area contributed by atoms with Crippen LogP contribution in [0.3, 0.4) is 0 Å². The summed E-state index contributed by atoms with van der Waals surface area (Å²) in [5.41, 5.74) is -3.77. The van der Waals surface area contributed by atoms with E-state index in [1.165, 1.54) is 20.8 Å². The van der Waals surface area contributed by atoms with Crippen molar-refractivity contribution in [2.45, 2.75) is 127 Å². The Morgan fingerprint density at radius 2 is 1.50 bits per heavy atom. The number of H-pyrrole nitrogens is 1. The maximum Gasteiger partial charge on any atom is 0.342 e. The molecule has 16 heteroatoms. The average molecular weight is 649 g/mol. The summed E-state index contributed by atoms with van der Waals surface area (Å²) >= 11 is 0. The van der Waals surface area contributed by atoms with Gasteiger partial charge in [-0.15, -0.1) is 0 Å². The number of aromatic amines is 1. The molecule has 1 aromatic rings. The van der Waals surface area contributed by atoms with Crippen molar-refractivity contribution in [3.8, 4) is 0 Å². The lowest BCUT2D eigenvalue weighted by Crippen LogP contribution is -2.51. The van der Waals surface area contributed by atoms with Crippen LogP contribution >= 0.6 is 7.67 Å². The van der Waals surface area contributed by atoms with E-state index in [2.05, 4.69) is 10.2 Å². The van der Waals surface area contributed by atoms with E-state index in [9.17, 15) is 28.8 Å². The molecular formula is C28H46FN4O10P. The first-order valence-electron chi connectivity index (χ1n) is 15.2. The minimum absolute atomic E-state index is 0.261. The van der Waals surface area contributed by atoms with E-state index in [0.717, 1.165) is 83.6 Å². The molecule has 0 aliphatic heterocycles. The van der Waals surface area contributed by atoms with Crippen LogP contribution in [0.4, 0.5) is 4.39 Å². The number of alkyl halides is 1. The lowest BCUT2D eigenvalue weighted by Gasteiger charge is -2.36. The zero-order valence-corrected chi connectivity index (χ0v) is 26.7. The normalized spacial score (nSPS) is 22.1. The number of aliphatic hydroxyl groups excluding tert-OH is 1. The monoisotopic (exact) mass is 648 g/mol. The van der Waals surface area contributed by atoms with E-state index in [0.29, 0.717) is 4.57 Å². The van der Waals surface area contributed by atoms with Gasteiger partial charge >= 0.3 is 25.3 Å². The fraction of sp³-hybridized carbons (Fsp3) is 0.786. The Labute approximate surface area is 255 Å². The Kier molecular flexibility index (Phi) is 13.3. The Morgan fingerprint density at radius 3 is 1.93 bits per heavy atom. The SMILES string of the molecule is CO[C@](C)(COP(=O)(NC(C)C(=O)OC1CCCCC1)NC(C)C(=O)OC1CCCCC1)[C@@H](O)[C@@H](F)n1ccc(=O)[nH]c1=O. The zero-order chi connectivity index (χ0) is 32.5. The molecule has 0 amide bonds. The van der Waals surface area contributed by atoms with Crippen molar-refractivity contribution in [2.24, 2.45) is 0 Å². The fourth-order valence-corrected chi connectivity index (χ4v) is 7.07. The lowest BCUT2D eigenvalue weighted by atomic mass is 9.98. The van der Waals surface area contributed by atoms with Gasteiger partial charge in [-0.05, 0) is 72.1 Å². The highest BCUT2D eigenvalue weighted by atomic mass is 31.2. The van der Waals surface area contributed by atoms with Crippen molar-refractivity contribution in [1.82, 2.24) is 19.7 Å². The maximum absolute atomic E-state index is 15.3. The Bertz CT molecular complexity index is 1220. The third-order valence-corrected chi connectivity index (χ3v) is 10.1. The molecule has 3 rings (SSSR count). The third-order valence-electron chi connectivity index (χ3n) is 8.11. The number of aliphatic hydroxyl groups is 1. The number of carbonyl (C=O) groups excluding carboxylic acids is 2. The molecule has 4 N–H and O–H groups in total. The van der Waals surface area contributed by atoms with E-state index < -0.39 is 67.5 Å². The smallest absolute Gasteiger partial charge is 0.342 e. The van der Waals surface area contributed by atoms with E-state index in [1.54, 1.807) is 0 Å². The number of methoxy groups -OCH3 is 1. The van der Waals surface area contributed by atoms with Crippen LogP contribution in [0.25, 0.3) is 0 Å². The molecule has 0 saturated heterocycles. The van der Waals surface area contributed by atoms with Gasteiger partial charge in [0.2, 0.25) is 6.30 Å². The second kappa shape index (κ2) is 16.2. The number of ether oxygens (including phenoxy) is 3. The molecule has 1 aromatic heterocycles. The number of hydrogen-bond acceptors (Lipinski definition) is 10. The molecule has 0 bridgehead atoms. The first kappa shape index (κ1) is 36.1. The summed E-state index contributed by atoms with van der Waals surface area (Å²) in [5.74, 6) is -1.34. The molecule has 250 valence electrons. The van der Waals surface area contributed by atoms with Crippen LogP contribution in [-0.2, 0) is 32.9 Å². The molecule has 5 atom stereocenters. The van der Waals surface area contributed by atoms with Gasteiger partial charge in [0.1, 0.15) is 36.0 Å². The number of esters is 2. The van der Waals surface area contributed by atoms with Crippen molar-refractivity contribution in [3.05, 3.63) is 33.1 Å². The minimum atomic E-state index is -4.34. The molecule has 0 spiro atoms. The predicted molar refractivity (Wildman–Crippen MR) is 158 cm³/mol. The summed E-state index contributed by atoms with van der Waals surface area (Å²) < 4.78 is 52.2. The average Bonchev–Trinajstić information content (AvgIpc) is 3.00. The summed E-state index contributed by atoms with van der Waals surface area (Å²) in [6, 6.07) is -1.39. The number of hydrogen-bond donors (Lipinski definition) is 4. The van der Waals surface area contributed by atoms with Crippen molar-refractivity contribution >= 4 is 19.6 Å². The van der Waals surface area contributed by atoms with Gasteiger partial charge in [-0.2, -0.15) is 0 Å². The van der Waals surface area contributed by atoms with Crippen molar-refractivity contribution in [3.63, 3.8) is 0 Å². The van der Waals surface area contributed by atoms with Gasteiger partial charge in [0, 0.05) is 19.4 Å². The summed E-state index contributed by atoms with van der Waals surface area (Å²) in [6.45, 7) is 3.39. The van der Waals surface area contributed by atoms with Gasteiger partial charge < -0.3 is 23.8 Å². The van der Waals surface area contributed by atoms with Gasteiger partial charge in [-0.1, -0.05) is 12.8 Å². The highest BCUT2D eigenvalue weighted by Crippen LogP contribution is 2.42. The van der Waals surface area contributed by atoms with Crippen LogP contribution in [0.15, 0.2) is 21.9 Å². The molecule has 2 aliphatic carbocycles. The Balaban J connectivity index is 1.76. The predicted octanol–water partition coefficient (Wildman–Crippen LogP) is 2.60. The van der Waals surface area contributed by atoms with Crippen molar-refractivity contribution in [1.29, 1.82) is 0 Å². The molecule has 2 saturated carbocycles. The number of rotatable bonds is 15. The number of nitrogens with one attached hydrogen (secondary N) is 3. The van der Waals surface area contributed by atoms with Gasteiger partial charge in [-0.3, -0.25) is 28.5 Å². The summed E-state index contributed by atoms with van der Waals surface area (Å²) in [7, 11) is -3.20. The van der Waals surface area contributed by atoms with Crippen molar-refractivity contribution in [2.75, 3.05) is 13.7 Å². The first-order chi connectivity index (χ1) is 20.8. The molecule has 1 heterocycles. The summed E-state index contributed by atoms with van der Waals surface area (Å²) in [4.78, 5) is 51.2. The Morgan fingerprint density at radius 1 is 1.02 bits per heavy atom. The minimum Gasteiger partial charge on any atom is -0.461 e. The maximum atomic E-state index is 15.3. The topological polar surface area (TPSA) is 187 Å². The molecule has 2 unspecified atom stereocenters. The first-order valence-corrected chi connectivity index (χ1v) is 16.8. The van der Waals surface area contributed by atoms with Crippen LogP contribution in [0.1, 0.15) is 91.3 Å². The molecule has 2 fully saturated rings. The number of halogens is 1. The van der Waals surface area contributed by atoms with Crippen LogP contribution in [0, 0.1) is 0 Å². The number of aromatic nitrogens is 2. The molecule has 2 aliphatic rings. The molecule has 14 nitrogen and oxygen atoms in total. The number of nitrogens with zero attached hydrogens (tertiary/aromatic N) is 1. The van der Waals surface area contributed by atoms with Crippen LogP contribution in [-0.4, -0.2) is 76.3 Å². The Hall–Kier alpha value is -2.42. The van der Waals surface area contributed by atoms with Gasteiger partial charge in [-0.25, -0.2) is 19.4 Å². The van der Waals surface area contributed by atoms with E-state index >= 15 is 4.39 Å². The largest absolute Gasteiger partial charge is 0.461 e. The van der Waals surface area contributed by atoms with E-state index in [-0.39, 0.29) is 12.2 Å². The van der Waals surface area contributed by atoms with Crippen LogP contribution < -0.4 is 21.4 Å². The lowest BCUT2D eigenvalue weighted by molar-refractivity contribution is -0.153. The molecule has 0 radical (unpaired) electrons. The van der Waals surface area contributed by atoms with Gasteiger partial charge in [0.15, 0.2) is 0 Å². The quantitative estimate of drug-likeness (QED) is 0.161. The summed E-state index contributed by atoms with van der Waals surface area (Å²) in [5, 5.41) is 16.1. The van der Waals surface area contributed by atoms with Crippen molar-refractivity contribution < 1.29 is 42.4 Å². The molecule has 0 aromatic carbocycles. The van der Waals surface area contributed by atoms with Crippen LogP contribution in [0.2, 0.25) is 0 Å².